The first-order chi connectivity index (χ1) is 10.5. The van der Waals surface area contributed by atoms with Crippen LogP contribution in [0, 0.1) is 6.92 Å². The highest BCUT2D eigenvalue weighted by atomic mass is 35.5. The molecular weight excluding hydrogens is 324 g/mol. The summed E-state index contributed by atoms with van der Waals surface area (Å²) in [5.74, 6) is 0.503. The van der Waals surface area contributed by atoms with Crippen molar-refractivity contribution in [3.05, 3.63) is 47.2 Å². The van der Waals surface area contributed by atoms with E-state index in [1.54, 1.807) is 30.6 Å². The van der Waals surface area contributed by atoms with E-state index >= 15 is 0 Å². The molecule has 116 valence electrons. The van der Waals surface area contributed by atoms with Gasteiger partial charge in [0.05, 0.1) is 10.9 Å². The Labute approximate surface area is 134 Å². The predicted octanol–water partition coefficient (Wildman–Crippen LogP) is 1.92. The fraction of sp³-hybridized carbons (Fsp3) is 0.286. The van der Waals surface area contributed by atoms with E-state index in [0.717, 1.165) is 5.56 Å². The summed E-state index contributed by atoms with van der Waals surface area (Å²) < 4.78 is 26.4. The zero-order valence-corrected chi connectivity index (χ0v) is 13.5. The molecule has 0 amide bonds. The minimum atomic E-state index is -3.50. The second-order valence-corrected chi connectivity index (χ2v) is 7.49. The van der Waals surface area contributed by atoms with E-state index in [-0.39, 0.29) is 10.9 Å². The molecule has 3 rings (SSSR count). The predicted molar refractivity (Wildman–Crippen MR) is 84.4 cm³/mol. The topological polar surface area (TPSA) is 75.2 Å². The van der Waals surface area contributed by atoms with E-state index in [2.05, 4.69) is 15.3 Å². The summed E-state index contributed by atoms with van der Waals surface area (Å²) in [4.78, 5) is 8.34. The Morgan fingerprint density at radius 1 is 1.27 bits per heavy atom. The van der Waals surface area contributed by atoms with Gasteiger partial charge in [0.1, 0.15) is 0 Å². The molecule has 0 unspecified atom stereocenters. The second kappa shape index (κ2) is 5.83. The summed E-state index contributed by atoms with van der Waals surface area (Å²) in [7, 11) is -3.50. The van der Waals surface area contributed by atoms with Crippen LogP contribution < -0.4 is 5.32 Å². The van der Waals surface area contributed by atoms with Gasteiger partial charge in [-0.3, -0.25) is 0 Å². The molecule has 0 spiro atoms. The highest BCUT2D eigenvalue weighted by Crippen LogP contribution is 2.26. The first-order valence-electron chi connectivity index (χ1n) is 6.76. The van der Waals surface area contributed by atoms with Gasteiger partial charge in [-0.2, -0.15) is 4.31 Å². The van der Waals surface area contributed by atoms with Gasteiger partial charge in [-0.1, -0.05) is 17.7 Å². The minimum Gasteiger partial charge on any atom is -0.349 e. The van der Waals surface area contributed by atoms with Gasteiger partial charge in [0, 0.05) is 30.5 Å². The van der Waals surface area contributed by atoms with E-state index in [1.165, 1.54) is 10.4 Å². The van der Waals surface area contributed by atoms with Crippen molar-refractivity contribution < 1.29 is 8.42 Å². The summed E-state index contributed by atoms with van der Waals surface area (Å²) in [5, 5.41) is 3.55. The largest absolute Gasteiger partial charge is 0.349 e. The first kappa shape index (κ1) is 15.2. The average Bonchev–Trinajstić information content (AvgIpc) is 2.46. The lowest BCUT2D eigenvalue weighted by molar-refractivity contribution is 0.280. The van der Waals surface area contributed by atoms with Gasteiger partial charge >= 0.3 is 0 Å². The molecule has 0 saturated carbocycles. The molecule has 1 aromatic carbocycles. The number of nitrogens with zero attached hydrogens (tertiary/aromatic N) is 3. The highest BCUT2D eigenvalue weighted by molar-refractivity contribution is 7.89. The second-order valence-electron chi connectivity index (χ2n) is 5.15. The maximum absolute atomic E-state index is 12.5. The fourth-order valence-corrected chi connectivity index (χ4v) is 3.97. The number of benzene rings is 1. The standard InChI is InChI=1S/C14H15ClN4O2S/c1-10-3-4-12(7-13(10)15)22(20,21)19-8-11(9-19)18-14-16-5-2-6-17-14/h2-7,11H,8-9H2,1H3,(H,16,17,18). The molecule has 0 atom stereocenters. The Hall–Kier alpha value is -1.70. The summed E-state index contributed by atoms with van der Waals surface area (Å²) in [5.41, 5.74) is 0.852. The highest BCUT2D eigenvalue weighted by Gasteiger charge is 2.37. The van der Waals surface area contributed by atoms with Crippen molar-refractivity contribution in [2.24, 2.45) is 0 Å². The molecule has 1 aliphatic rings. The number of aromatic nitrogens is 2. The van der Waals surface area contributed by atoms with Gasteiger partial charge in [0.2, 0.25) is 16.0 Å². The Balaban J connectivity index is 1.67. The monoisotopic (exact) mass is 338 g/mol. The molecule has 0 radical (unpaired) electrons. The van der Waals surface area contributed by atoms with Crippen LogP contribution in [0.25, 0.3) is 0 Å². The van der Waals surface area contributed by atoms with Crippen LogP contribution in [0.3, 0.4) is 0 Å². The van der Waals surface area contributed by atoms with Crippen molar-refractivity contribution in [1.29, 1.82) is 0 Å². The average molecular weight is 339 g/mol. The van der Waals surface area contributed by atoms with Crippen LogP contribution in [-0.2, 0) is 10.0 Å². The van der Waals surface area contributed by atoms with Crippen LogP contribution in [0.1, 0.15) is 5.56 Å². The third-order valence-corrected chi connectivity index (χ3v) is 5.76. The van der Waals surface area contributed by atoms with Gasteiger partial charge in [0.15, 0.2) is 0 Å². The quantitative estimate of drug-likeness (QED) is 0.921. The Bertz CT molecular complexity index is 777. The normalized spacial score (nSPS) is 16.3. The number of aryl methyl sites for hydroxylation is 1. The third kappa shape index (κ3) is 2.92. The molecule has 6 nitrogen and oxygen atoms in total. The van der Waals surface area contributed by atoms with Gasteiger partial charge in [0.25, 0.3) is 0 Å². The molecule has 1 N–H and O–H groups in total. The van der Waals surface area contributed by atoms with Crippen LogP contribution in [0.2, 0.25) is 5.02 Å². The van der Waals surface area contributed by atoms with Crippen LogP contribution in [0.5, 0.6) is 0 Å². The Morgan fingerprint density at radius 3 is 2.59 bits per heavy atom. The van der Waals surface area contributed by atoms with Crippen LogP contribution in [0.15, 0.2) is 41.6 Å². The minimum absolute atomic E-state index is 0.0121. The molecular formula is C14H15ClN4O2S. The molecule has 1 fully saturated rings. The van der Waals surface area contributed by atoms with Gasteiger partial charge in [-0.15, -0.1) is 0 Å². The molecule has 1 aliphatic heterocycles. The van der Waals surface area contributed by atoms with E-state index in [0.29, 0.717) is 24.1 Å². The lowest BCUT2D eigenvalue weighted by Crippen LogP contribution is -2.56. The third-order valence-electron chi connectivity index (χ3n) is 3.53. The van der Waals surface area contributed by atoms with Crippen molar-refractivity contribution in [1.82, 2.24) is 14.3 Å². The van der Waals surface area contributed by atoms with E-state index in [1.807, 2.05) is 6.92 Å². The van der Waals surface area contributed by atoms with E-state index in [9.17, 15) is 8.42 Å². The van der Waals surface area contributed by atoms with Crippen molar-refractivity contribution in [3.63, 3.8) is 0 Å². The molecule has 2 heterocycles. The maximum atomic E-state index is 12.5. The smallest absolute Gasteiger partial charge is 0.243 e. The van der Waals surface area contributed by atoms with Crippen molar-refractivity contribution in [2.45, 2.75) is 17.9 Å². The molecule has 1 aromatic heterocycles. The summed E-state index contributed by atoms with van der Waals surface area (Å²) >= 11 is 6.01. The lowest BCUT2D eigenvalue weighted by atomic mass is 10.2. The van der Waals surface area contributed by atoms with Gasteiger partial charge < -0.3 is 5.32 Å². The number of rotatable bonds is 4. The molecule has 8 heteroatoms. The molecule has 2 aromatic rings. The molecule has 0 aliphatic carbocycles. The van der Waals surface area contributed by atoms with Crippen LogP contribution in [-0.4, -0.2) is 41.8 Å². The number of hydrogen-bond acceptors (Lipinski definition) is 5. The number of sulfonamides is 1. The lowest BCUT2D eigenvalue weighted by Gasteiger charge is -2.38. The number of anilines is 1. The summed E-state index contributed by atoms with van der Waals surface area (Å²) in [6.07, 6.45) is 3.27. The number of nitrogens with one attached hydrogen (secondary N) is 1. The molecule has 1 saturated heterocycles. The first-order valence-corrected chi connectivity index (χ1v) is 8.58. The van der Waals surface area contributed by atoms with Crippen molar-refractivity contribution >= 4 is 27.6 Å². The number of hydrogen-bond donors (Lipinski definition) is 1. The van der Waals surface area contributed by atoms with Gasteiger partial charge in [-0.05, 0) is 30.7 Å². The van der Waals surface area contributed by atoms with Crippen LogP contribution >= 0.6 is 11.6 Å². The van der Waals surface area contributed by atoms with Crippen LogP contribution in [0.4, 0.5) is 5.95 Å². The summed E-state index contributed by atoms with van der Waals surface area (Å²) in [6.45, 7) is 2.60. The number of halogens is 1. The van der Waals surface area contributed by atoms with E-state index in [4.69, 9.17) is 11.6 Å². The fourth-order valence-electron chi connectivity index (χ4n) is 2.16. The Morgan fingerprint density at radius 2 is 1.95 bits per heavy atom. The molecule has 22 heavy (non-hydrogen) atoms. The zero-order valence-electron chi connectivity index (χ0n) is 11.9. The van der Waals surface area contributed by atoms with E-state index < -0.39 is 10.0 Å². The SMILES string of the molecule is Cc1ccc(S(=O)(=O)N2CC(Nc3ncccn3)C2)cc1Cl. The van der Waals surface area contributed by atoms with Crippen molar-refractivity contribution in [3.8, 4) is 0 Å². The zero-order chi connectivity index (χ0) is 15.7. The van der Waals surface area contributed by atoms with Crippen molar-refractivity contribution in [2.75, 3.05) is 18.4 Å². The summed E-state index contributed by atoms with van der Waals surface area (Å²) in [6, 6.07) is 6.52. The maximum Gasteiger partial charge on any atom is 0.243 e. The molecule has 0 bridgehead atoms. The van der Waals surface area contributed by atoms with Gasteiger partial charge in [-0.25, -0.2) is 18.4 Å². The Kier molecular flexibility index (Phi) is 4.03.